The quantitative estimate of drug-likeness (QED) is 0.0116. The zero-order valence-corrected chi connectivity index (χ0v) is 44.9. The maximum absolute atomic E-state index is 14.9. The molecular formula is C55H44ClN9O14S2. The molecule has 2 N–H and O–H groups in total. The van der Waals surface area contributed by atoms with Crippen molar-refractivity contribution in [2.75, 3.05) is 22.7 Å². The van der Waals surface area contributed by atoms with Crippen molar-refractivity contribution in [2.45, 2.75) is 49.2 Å². The number of amides is 3. The first kappa shape index (κ1) is 56.3. The van der Waals surface area contributed by atoms with Crippen LogP contribution >= 0.6 is 35.1 Å². The van der Waals surface area contributed by atoms with Crippen LogP contribution in [-0.2, 0) is 54.4 Å². The van der Waals surface area contributed by atoms with E-state index >= 15 is 0 Å². The van der Waals surface area contributed by atoms with Gasteiger partial charge in [-0.15, -0.1) is 28.5 Å². The molecule has 2 aromatic heterocycles. The molecule has 2 atom stereocenters. The summed E-state index contributed by atoms with van der Waals surface area (Å²) in [6.07, 6.45) is -0.748. The Morgan fingerprint density at radius 3 is 1.94 bits per heavy atom. The SMILES string of the molecule is CC(=O)Oc1ccc(C(=O)O/N=C(\C(=O)N[C@@H]2C(=O)N3C(C(=O)OC(c4ccccc4)c4ccccc4)=C(CSc4nnnn4CC(=O)OC(c4ccccc4)c4ccccc4)CS[C@@H]23)c2coc(NC(=O)CCl)n2)cc1OC(C)=O. The van der Waals surface area contributed by atoms with Gasteiger partial charge in [-0.25, -0.2) is 14.3 Å². The maximum Gasteiger partial charge on any atom is 0.365 e. The predicted octanol–water partition coefficient (Wildman–Crippen LogP) is 6.36. The minimum absolute atomic E-state index is 0.0180. The van der Waals surface area contributed by atoms with Gasteiger partial charge in [-0.2, -0.15) is 4.98 Å². The molecule has 9 rings (SSSR count). The highest BCUT2D eigenvalue weighted by molar-refractivity contribution is 8.01. The van der Waals surface area contributed by atoms with Gasteiger partial charge in [0.25, 0.3) is 11.8 Å². The van der Waals surface area contributed by atoms with Gasteiger partial charge in [-0.1, -0.05) is 138 Å². The molecule has 1 fully saturated rings. The summed E-state index contributed by atoms with van der Waals surface area (Å²) >= 11 is 7.94. The van der Waals surface area contributed by atoms with Crippen molar-refractivity contribution in [3.05, 3.63) is 191 Å². The van der Waals surface area contributed by atoms with Gasteiger partial charge in [0, 0.05) is 25.4 Å². The Labute approximate surface area is 473 Å². The molecule has 23 nitrogen and oxygen atoms in total. The molecule has 26 heteroatoms. The summed E-state index contributed by atoms with van der Waals surface area (Å²) in [4.78, 5) is 117. The van der Waals surface area contributed by atoms with Crippen LogP contribution in [0.4, 0.5) is 6.01 Å². The van der Waals surface area contributed by atoms with E-state index in [0.29, 0.717) is 16.7 Å². The summed E-state index contributed by atoms with van der Waals surface area (Å²) in [5, 5.41) is 19.9. The molecule has 5 aromatic carbocycles. The number of carbonyl (C=O) groups is 8. The van der Waals surface area contributed by atoms with E-state index < -0.39 is 88.8 Å². The first-order valence-corrected chi connectivity index (χ1v) is 26.9. The number of β-lactam (4-membered cyclic amide) rings is 1. The molecule has 81 heavy (non-hydrogen) atoms. The minimum Gasteiger partial charge on any atom is -0.451 e. The molecule has 0 radical (unpaired) electrons. The van der Waals surface area contributed by atoms with E-state index in [2.05, 4.69) is 36.3 Å². The van der Waals surface area contributed by atoms with Crippen molar-refractivity contribution in [3.8, 4) is 11.5 Å². The Morgan fingerprint density at radius 1 is 0.778 bits per heavy atom. The Balaban J connectivity index is 0.982. The summed E-state index contributed by atoms with van der Waals surface area (Å²) < 4.78 is 29.1. The smallest absolute Gasteiger partial charge is 0.365 e. The normalized spacial score (nSPS) is 14.8. The number of esters is 4. The highest BCUT2D eigenvalue weighted by atomic mass is 35.5. The zero-order valence-electron chi connectivity index (χ0n) is 42.5. The maximum atomic E-state index is 14.9. The van der Waals surface area contributed by atoms with Gasteiger partial charge in [0.1, 0.15) is 41.5 Å². The first-order chi connectivity index (χ1) is 39.2. The Morgan fingerprint density at radius 2 is 1.36 bits per heavy atom. The van der Waals surface area contributed by atoms with Gasteiger partial charge in [0.15, 0.2) is 29.4 Å². The van der Waals surface area contributed by atoms with Crippen molar-refractivity contribution in [3.63, 3.8) is 0 Å². The highest BCUT2D eigenvalue weighted by Gasteiger charge is 2.55. The second-order valence-corrected chi connectivity index (χ2v) is 19.7. The van der Waals surface area contributed by atoms with Crippen LogP contribution in [0.1, 0.15) is 64.4 Å². The lowest BCUT2D eigenvalue weighted by atomic mass is 10.0. The lowest BCUT2D eigenvalue weighted by Crippen LogP contribution is -2.71. The van der Waals surface area contributed by atoms with Crippen LogP contribution in [0.2, 0.25) is 0 Å². The van der Waals surface area contributed by atoms with Gasteiger partial charge in [0.2, 0.25) is 11.1 Å². The van der Waals surface area contributed by atoms with E-state index in [1.165, 1.54) is 27.4 Å². The molecule has 3 amide bonds. The fourth-order valence-corrected chi connectivity index (χ4v) is 10.6. The average Bonchev–Trinajstić information content (AvgIpc) is 3.67. The van der Waals surface area contributed by atoms with Crippen LogP contribution < -0.4 is 20.1 Å². The lowest BCUT2D eigenvalue weighted by Gasteiger charge is -2.49. The molecule has 0 saturated carbocycles. The van der Waals surface area contributed by atoms with Crippen LogP contribution in [0.3, 0.4) is 0 Å². The van der Waals surface area contributed by atoms with Crippen LogP contribution in [0, 0.1) is 0 Å². The molecule has 412 valence electrons. The van der Waals surface area contributed by atoms with Gasteiger partial charge >= 0.3 is 35.9 Å². The lowest BCUT2D eigenvalue weighted by molar-refractivity contribution is -0.154. The number of aromatic nitrogens is 5. The number of hydrogen-bond acceptors (Lipinski definition) is 21. The zero-order chi connectivity index (χ0) is 57.0. The van der Waals surface area contributed by atoms with E-state index in [-0.39, 0.29) is 51.7 Å². The van der Waals surface area contributed by atoms with Gasteiger partial charge in [-0.05, 0) is 56.5 Å². The van der Waals surface area contributed by atoms with Crippen LogP contribution in [0.15, 0.2) is 172 Å². The minimum atomic E-state index is -1.34. The van der Waals surface area contributed by atoms with E-state index in [0.717, 1.165) is 55.1 Å². The number of alkyl halides is 1. The Bertz CT molecular complexity index is 3490. The summed E-state index contributed by atoms with van der Waals surface area (Å²) in [6, 6.07) is 38.1. The highest BCUT2D eigenvalue weighted by Crippen LogP contribution is 2.43. The third kappa shape index (κ3) is 13.7. The van der Waals surface area contributed by atoms with Crippen molar-refractivity contribution >= 4 is 94.4 Å². The second kappa shape index (κ2) is 26.0. The van der Waals surface area contributed by atoms with Crippen molar-refractivity contribution in [2.24, 2.45) is 5.16 Å². The number of oxime groups is 1. The number of halogens is 1. The number of nitrogens with zero attached hydrogens (tertiary/aromatic N) is 7. The van der Waals surface area contributed by atoms with Crippen molar-refractivity contribution < 1.29 is 66.6 Å². The van der Waals surface area contributed by atoms with Crippen LogP contribution in [0.25, 0.3) is 0 Å². The number of hydrogen-bond donors (Lipinski definition) is 2. The number of oxazole rings is 1. The molecule has 0 spiro atoms. The largest absolute Gasteiger partial charge is 0.451 e. The topological polar surface area (TPSA) is 292 Å². The first-order valence-electron chi connectivity index (χ1n) is 24.3. The predicted molar refractivity (Wildman–Crippen MR) is 289 cm³/mol. The number of carbonyl (C=O) groups excluding carboxylic acids is 8. The number of anilines is 1. The second-order valence-electron chi connectivity index (χ2n) is 17.4. The molecule has 0 unspecified atom stereocenters. The summed E-state index contributed by atoms with van der Waals surface area (Å²) in [5.74, 6) is -7.71. The number of ether oxygens (including phenoxy) is 4. The average molecular weight is 1150 g/mol. The summed E-state index contributed by atoms with van der Waals surface area (Å²) in [6.45, 7) is 1.82. The van der Waals surface area contributed by atoms with Crippen molar-refractivity contribution in [1.82, 2.24) is 35.4 Å². The number of fused-ring (bicyclic) bond motifs is 1. The van der Waals surface area contributed by atoms with E-state index in [4.69, 9.17) is 39.8 Å². The number of nitrogens with one attached hydrogen (secondary N) is 2. The fourth-order valence-electron chi connectivity index (χ4n) is 8.21. The van der Waals surface area contributed by atoms with Gasteiger partial charge in [-0.3, -0.25) is 39.0 Å². The van der Waals surface area contributed by atoms with Gasteiger partial charge in [0.05, 0.1) is 5.56 Å². The molecule has 7 aromatic rings. The molecule has 0 bridgehead atoms. The number of tetrazole rings is 1. The standard InChI is InChI=1S/C55H44ClN9O14S2/c1-31(66)75-40-24-23-37(25-41(40)76-32(2)67)52(72)79-61-44(39-28-74-54(57-39)58-42(68)26-56)49(70)59-45-50(71)65-46(53(73)78-48(35-19-11-5-12-20-35)36-21-13-6-14-22-36)38(29-80-51(45)65)30-81-55-60-62-63-64(55)27-43(69)77-47(33-15-7-3-8-16-33)34-17-9-4-10-18-34/h3-25,28,45,47-48,51H,26-27,29-30H2,1-2H3,(H,59,70)(H,57,58,68)/b61-44-/t45-,51+/m1/s1. The molecule has 1 saturated heterocycles. The van der Waals surface area contributed by atoms with Gasteiger partial charge < -0.3 is 33.5 Å². The third-order valence-corrected chi connectivity index (χ3v) is 14.4. The number of thioether (sulfide) groups is 2. The van der Waals surface area contributed by atoms with Crippen LogP contribution in [-0.4, -0.2) is 112 Å². The van der Waals surface area contributed by atoms with Crippen LogP contribution in [0.5, 0.6) is 11.5 Å². The number of rotatable bonds is 21. The Hall–Kier alpha value is -9.46. The third-order valence-electron chi connectivity index (χ3n) is 11.8. The van der Waals surface area contributed by atoms with E-state index in [1.54, 1.807) is 48.5 Å². The monoisotopic (exact) mass is 1150 g/mol. The number of benzene rings is 5. The Kier molecular flexibility index (Phi) is 18.1. The molecule has 2 aliphatic heterocycles. The van der Waals surface area contributed by atoms with Crippen molar-refractivity contribution in [1.29, 1.82) is 0 Å². The van der Waals surface area contributed by atoms with E-state index in [1.807, 2.05) is 72.8 Å². The molecule has 2 aliphatic rings. The molecule has 4 heterocycles. The molecular weight excluding hydrogens is 1110 g/mol. The summed E-state index contributed by atoms with van der Waals surface area (Å²) in [7, 11) is 0. The fraction of sp³-hybridized carbons (Fsp3) is 0.182. The summed E-state index contributed by atoms with van der Waals surface area (Å²) in [5.41, 5.74) is 1.71. The van der Waals surface area contributed by atoms with E-state index in [9.17, 15) is 38.4 Å². The molecule has 0 aliphatic carbocycles.